The highest BCUT2D eigenvalue weighted by molar-refractivity contribution is 6.33. The van der Waals surface area contributed by atoms with Gasteiger partial charge in [-0.3, -0.25) is 4.79 Å². The van der Waals surface area contributed by atoms with E-state index in [0.29, 0.717) is 28.1 Å². The molecule has 1 aliphatic carbocycles. The Kier molecular flexibility index (Phi) is 3.14. The summed E-state index contributed by atoms with van der Waals surface area (Å²) in [7, 11) is 0. The van der Waals surface area contributed by atoms with Gasteiger partial charge in [-0.2, -0.15) is 5.26 Å². The zero-order valence-corrected chi connectivity index (χ0v) is 11.3. The van der Waals surface area contributed by atoms with E-state index in [-0.39, 0.29) is 5.78 Å². The summed E-state index contributed by atoms with van der Waals surface area (Å²) in [5.41, 5.74) is 3.72. The first-order valence-corrected chi connectivity index (χ1v) is 6.59. The second-order valence-corrected chi connectivity index (χ2v) is 5.09. The Balaban J connectivity index is 2.02. The summed E-state index contributed by atoms with van der Waals surface area (Å²) in [5.74, 6) is 0.0184. The van der Waals surface area contributed by atoms with Gasteiger partial charge in [0.2, 0.25) is 0 Å². The molecule has 0 aliphatic heterocycles. The number of nitriles is 1. The van der Waals surface area contributed by atoms with Gasteiger partial charge in [-0.15, -0.1) is 0 Å². The molecule has 0 aromatic heterocycles. The summed E-state index contributed by atoms with van der Waals surface area (Å²) in [4.78, 5) is 12.3. The molecule has 0 bridgehead atoms. The average molecular weight is 280 g/mol. The van der Waals surface area contributed by atoms with E-state index in [1.807, 2.05) is 18.2 Å². The second-order valence-electron chi connectivity index (χ2n) is 4.68. The minimum atomic E-state index is 0.0184. The van der Waals surface area contributed by atoms with Gasteiger partial charge in [-0.05, 0) is 35.4 Å². The van der Waals surface area contributed by atoms with Crippen LogP contribution in [0.25, 0.3) is 6.08 Å². The van der Waals surface area contributed by atoms with Gasteiger partial charge in [-0.25, -0.2) is 0 Å². The first-order chi connectivity index (χ1) is 9.69. The number of nitrogens with zero attached hydrogens (tertiary/aromatic N) is 1. The Morgan fingerprint density at radius 3 is 2.75 bits per heavy atom. The Morgan fingerprint density at radius 2 is 2.00 bits per heavy atom. The summed E-state index contributed by atoms with van der Waals surface area (Å²) < 4.78 is 0. The molecular formula is C17H10ClNO. The van der Waals surface area contributed by atoms with Crippen LogP contribution in [-0.4, -0.2) is 5.78 Å². The quantitative estimate of drug-likeness (QED) is 0.739. The molecule has 0 amide bonds. The predicted molar refractivity (Wildman–Crippen MR) is 78.6 cm³/mol. The number of hydrogen-bond donors (Lipinski definition) is 0. The predicted octanol–water partition coefficient (Wildman–Crippen LogP) is 4.03. The molecule has 2 aromatic rings. The van der Waals surface area contributed by atoms with Gasteiger partial charge in [-0.1, -0.05) is 35.9 Å². The Morgan fingerprint density at radius 1 is 1.20 bits per heavy atom. The van der Waals surface area contributed by atoms with Crippen molar-refractivity contribution in [2.24, 2.45) is 0 Å². The van der Waals surface area contributed by atoms with Crippen LogP contribution in [0.3, 0.4) is 0 Å². The fraction of sp³-hybridized carbons (Fsp3) is 0.0588. The van der Waals surface area contributed by atoms with Crippen LogP contribution in [0.4, 0.5) is 0 Å². The van der Waals surface area contributed by atoms with E-state index in [1.165, 1.54) is 0 Å². The number of allylic oxidation sites excluding steroid dienone is 1. The maximum atomic E-state index is 12.3. The number of carbonyl (C=O) groups is 1. The van der Waals surface area contributed by atoms with Crippen molar-refractivity contribution < 1.29 is 4.79 Å². The number of Topliss-reactive ketones (excluding diaryl/α,β-unsaturated/α-hetero) is 1. The van der Waals surface area contributed by atoms with Gasteiger partial charge >= 0.3 is 0 Å². The third-order valence-corrected chi connectivity index (χ3v) is 3.73. The van der Waals surface area contributed by atoms with Crippen LogP contribution >= 0.6 is 11.6 Å². The largest absolute Gasteiger partial charge is 0.289 e. The molecule has 0 saturated carbocycles. The maximum Gasteiger partial charge on any atom is 0.189 e. The molecule has 96 valence electrons. The highest BCUT2D eigenvalue weighted by atomic mass is 35.5. The van der Waals surface area contributed by atoms with Crippen LogP contribution in [0, 0.1) is 11.3 Å². The average Bonchev–Trinajstić information content (AvgIpc) is 2.78. The monoisotopic (exact) mass is 279 g/mol. The Bertz CT molecular complexity index is 784. The van der Waals surface area contributed by atoms with Crippen molar-refractivity contribution in [3.05, 3.63) is 75.3 Å². The molecule has 3 rings (SSSR count). The van der Waals surface area contributed by atoms with Crippen LogP contribution in [0.15, 0.2) is 48.0 Å². The third-order valence-electron chi connectivity index (χ3n) is 3.38. The molecule has 20 heavy (non-hydrogen) atoms. The number of carbonyl (C=O) groups excluding carboxylic acids is 1. The van der Waals surface area contributed by atoms with Crippen LogP contribution in [0.2, 0.25) is 5.02 Å². The SMILES string of the molecule is N#Cc1cccc(C=C2Cc3c(Cl)cccc3C2=O)c1. The fourth-order valence-electron chi connectivity index (χ4n) is 2.41. The Hall–Kier alpha value is -2.37. The van der Waals surface area contributed by atoms with Gasteiger partial charge in [0.15, 0.2) is 5.78 Å². The van der Waals surface area contributed by atoms with E-state index in [0.717, 1.165) is 11.1 Å². The molecule has 0 N–H and O–H groups in total. The van der Waals surface area contributed by atoms with Crippen molar-refractivity contribution in [1.29, 1.82) is 5.26 Å². The number of benzene rings is 2. The van der Waals surface area contributed by atoms with E-state index in [9.17, 15) is 4.79 Å². The zero-order valence-electron chi connectivity index (χ0n) is 10.6. The summed E-state index contributed by atoms with van der Waals surface area (Å²) in [6.07, 6.45) is 2.38. The van der Waals surface area contributed by atoms with Crippen LogP contribution in [-0.2, 0) is 6.42 Å². The number of hydrogen-bond acceptors (Lipinski definition) is 2. The summed E-state index contributed by atoms with van der Waals surface area (Å²) in [6.45, 7) is 0. The molecule has 1 aliphatic rings. The minimum Gasteiger partial charge on any atom is -0.289 e. The summed E-state index contributed by atoms with van der Waals surface area (Å²) in [6, 6.07) is 14.7. The first-order valence-electron chi connectivity index (χ1n) is 6.22. The molecule has 2 nitrogen and oxygen atoms in total. The molecule has 2 aromatic carbocycles. The van der Waals surface area contributed by atoms with Gasteiger partial charge < -0.3 is 0 Å². The lowest BCUT2D eigenvalue weighted by Gasteiger charge is -1.97. The molecule has 0 radical (unpaired) electrons. The number of fused-ring (bicyclic) bond motifs is 1. The standard InChI is InChI=1S/C17H10ClNO/c18-16-6-2-5-14-15(16)9-13(17(14)20)8-11-3-1-4-12(7-11)10-19/h1-8H,9H2. The smallest absolute Gasteiger partial charge is 0.189 e. The van der Waals surface area contributed by atoms with Crippen LogP contribution in [0.5, 0.6) is 0 Å². The van der Waals surface area contributed by atoms with Gasteiger partial charge in [0.1, 0.15) is 0 Å². The van der Waals surface area contributed by atoms with E-state index < -0.39 is 0 Å². The highest BCUT2D eigenvalue weighted by Gasteiger charge is 2.26. The maximum absolute atomic E-state index is 12.3. The number of rotatable bonds is 1. The molecule has 0 saturated heterocycles. The van der Waals surface area contributed by atoms with Gasteiger partial charge in [0.05, 0.1) is 11.6 Å². The van der Waals surface area contributed by atoms with Crippen molar-refractivity contribution in [3.8, 4) is 6.07 Å². The number of halogens is 1. The van der Waals surface area contributed by atoms with Gasteiger partial charge in [0.25, 0.3) is 0 Å². The molecule has 0 spiro atoms. The topological polar surface area (TPSA) is 40.9 Å². The third kappa shape index (κ3) is 2.13. The lowest BCUT2D eigenvalue weighted by atomic mass is 10.1. The molecule has 0 unspecified atom stereocenters. The second kappa shape index (κ2) is 4.96. The van der Waals surface area contributed by atoms with Crippen molar-refractivity contribution in [3.63, 3.8) is 0 Å². The molecular weight excluding hydrogens is 270 g/mol. The molecule has 3 heteroatoms. The molecule has 0 fully saturated rings. The number of ketones is 1. The van der Waals surface area contributed by atoms with E-state index in [4.69, 9.17) is 16.9 Å². The lowest BCUT2D eigenvalue weighted by molar-refractivity contribution is 0.104. The summed E-state index contributed by atoms with van der Waals surface area (Å²) >= 11 is 6.13. The van der Waals surface area contributed by atoms with Crippen molar-refractivity contribution in [2.75, 3.05) is 0 Å². The van der Waals surface area contributed by atoms with E-state index >= 15 is 0 Å². The minimum absolute atomic E-state index is 0.0184. The van der Waals surface area contributed by atoms with Crippen molar-refractivity contribution in [2.45, 2.75) is 6.42 Å². The van der Waals surface area contributed by atoms with Crippen LogP contribution in [0.1, 0.15) is 27.0 Å². The molecule has 0 atom stereocenters. The van der Waals surface area contributed by atoms with Crippen molar-refractivity contribution in [1.82, 2.24) is 0 Å². The summed E-state index contributed by atoms with van der Waals surface area (Å²) in [5, 5.41) is 9.53. The Labute approximate surface area is 121 Å². The highest BCUT2D eigenvalue weighted by Crippen LogP contribution is 2.32. The van der Waals surface area contributed by atoms with Crippen LogP contribution < -0.4 is 0 Å². The van der Waals surface area contributed by atoms with E-state index in [1.54, 1.807) is 30.3 Å². The first kappa shape index (κ1) is 12.7. The zero-order chi connectivity index (χ0) is 14.1. The van der Waals surface area contributed by atoms with E-state index in [2.05, 4.69) is 6.07 Å². The lowest BCUT2D eigenvalue weighted by Crippen LogP contribution is -1.95. The van der Waals surface area contributed by atoms with Gasteiger partial charge in [0, 0.05) is 22.6 Å². The van der Waals surface area contributed by atoms with Crippen molar-refractivity contribution >= 4 is 23.5 Å². The normalized spacial score (nSPS) is 15.2. The fourth-order valence-corrected chi connectivity index (χ4v) is 2.65. The molecule has 0 heterocycles.